The van der Waals surface area contributed by atoms with Gasteiger partial charge in [-0.2, -0.15) is 0 Å². The predicted molar refractivity (Wildman–Crippen MR) is 131 cm³/mol. The Morgan fingerprint density at radius 1 is 1.23 bits per heavy atom. The van der Waals surface area contributed by atoms with Crippen molar-refractivity contribution in [3.8, 4) is 5.75 Å². The third kappa shape index (κ3) is 4.60. The predicted octanol–water partition coefficient (Wildman–Crippen LogP) is 6.84. The molecule has 1 N–H and O–H groups in total. The van der Waals surface area contributed by atoms with Crippen LogP contribution in [0.25, 0.3) is 6.08 Å². The molecule has 1 saturated heterocycles. The van der Waals surface area contributed by atoms with Gasteiger partial charge in [0.05, 0.1) is 8.48 Å². The Morgan fingerprint density at radius 3 is 2.70 bits per heavy atom. The summed E-state index contributed by atoms with van der Waals surface area (Å²) in [4.78, 5) is 20.0. The van der Waals surface area contributed by atoms with Crippen molar-refractivity contribution in [3.63, 3.8) is 0 Å². The Labute approximate surface area is 200 Å². The number of benzene rings is 2. The summed E-state index contributed by atoms with van der Waals surface area (Å²) in [7, 11) is 0. The van der Waals surface area contributed by atoms with Crippen LogP contribution >= 0.6 is 50.3 Å². The van der Waals surface area contributed by atoms with Crippen molar-refractivity contribution >= 4 is 73.1 Å². The second kappa shape index (κ2) is 9.40. The van der Waals surface area contributed by atoms with E-state index in [1.807, 2.05) is 0 Å². The fourth-order valence-electron chi connectivity index (χ4n) is 3.71. The first-order valence-electron chi connectivity index (χ1n) is 9.68. The highest BCUT2D eigenvalue weighted by molar-refractivity contribution is 14.1. The quantitative estimate of drug-likeness (QED) is 0.310. The molecule has 0 unspecified atom stereocenters. The van der Waals surface area contributed by atoms with Gasteiger partial charge < -0.3 is 5.11 Å². The van der Waals surface area contributed by atoms with Gasteiger partial charge in [-0.25, -0.2) is 9.38 Å². The molecule has 0 atom stereocenters. The third-order valence-corrected chi connectivity index (χ3v) is 7.45. The van der Waals surface area contributed by atoms with E-state index in [9.17, 15) is 14.3 Å². The minimum absolute atomic E-state index is 0.0615. The van der Waals surface area contributed by atoms with Crippen molar-refractivity contribution < 1.29 is 14.3 Å². The van der Waals surface area contributed by atoms with Crippen molar-refractivity contribution in [2.75, 3.05) is 0 Å². The lowest BCUT2D eigenvalue weighted by Crippen LogP contribution is -2.40. The fourth-order valence-corrected chi connectivity index (χ4v) is 6.30. The number of carbonyl (C=O) groups excluding carboxylic acids is 1. The molecule has 2 aliphatic rings. The molecule has 2 aromatic carbocycles. The van der Waals surface area contributed by atoms with E-state index in [4.69, 9.17) is 0 Å². The first-order chi connectivity index (χ1) is 14.4. The van der Waals surface area contributed by atoms with Crippen molar-refractivity contribution in [1.29, 1.82) is 0 Å². The highest BCUT2D eigenvalue weighted by atomic mass is 127. The number of rotatable bonds is 3. The van der Waals surface area contributed by atoms with Gasteiger partial charge in [0.2, 0.25) is 0 Å². The van der Waals surface area contributed by atoms with Crippen molar-refractivity contribution in [2.24, 2.45) is 4.99 Å². The van der Waals surface area contributed by atoms with Crippen LogP contribution in [0.1, 0.15) is 37.7 Å². The molecule has 4 nitrogen and oxygen atoms in total. The summed E-state index contributed by atoms with van der Waals surface area (Å²) in [5.74, 6) is -0.432. The highest BCUT2D eigenvalue weighted by Crippen LogP contribution is 2.40. The molecular weight excluding hydrogens is 582 g/mol. The van der Waals surface area contributed by atoms with Gasteiger partial charge in [-0.15, -0.1) is 0 Å². The first kappa shape index (κ1) is 21.8. The van der Waals surface area contributed by atoms with Crippen LogP contribution in [0.3, 0.4) is 0 Å². The van der Waals surface area contributed by atoms with E-state index in [1.165, 1.54) is 24.2 Å². The van der Waals surface area contributed by atoms with Crippen LogP contribution in [0.2, 0.25) is 0 Å². The molecule has 8 heteroatoms. The Hall–Kier alpha value is -1.39. The van der Waals surface area contributed by atoms with Gasteiger partial charge >= 0.3 is 0 Å². The number of aliphatic imine (C=N–C) groups is 1. The molecule has 0 bridgehead atoms. The molecule has 2 fully saturated rings. The van der Waals surface area contributed by atoms with E-state index < -0.39 is 5.82 Å². The summed E-state index contributed by atoms with van der Waals surface area (Å²) >= 11 is 6.72. The van der Waals surface area contributed by atoms with Crippen LogP contribution < -0.4 is 0 Å². The van der Waals surface area contributed by atoms with E-state index in [1.54, 1.807) is 41.3 Å². The van der Waals surface area contributed by atoms with Crippen molar-refractivity contribution in [3.05, 3.63) is 60.7 Å². The maximum atomic E-state index is 14.2. The molecule has 2 aromatic rings. The lowest BCUT2D eigenvalue weighted by atomic mass is 9.94. The normalized spacial score (nSPS) is 20.5. The van der Waals surface area contributed by atoms with E-state index in [0.29, 0.717) is 19.2 Å². The Kier molecular flexibility index (Phi) is 6.84. The minimum Gasteiger partial charge on any atom is -0.506 e. The Balaban J connectivity index is 1.76. The monoisotopic (exact) mass is 600 g/mol. The van der Waals surface area contributed by atoms with E-state index >= 15 is 0 Å². The fraction of sp³-hybridized carbons (Fsp3) is 0.273. The third-order valence-electron chi connectivity index (χ3n) is 5.19. The van der Waals surface area contributed by atoms with Crippen molar-refractivity contribution in [2.45, 2.75) is 38.1 Å². The summed E-state index contributed by atoms with van der Waals surface area (Å²) < 4.78 is 15.7. The van der Waals surface area contributed by atoms with Crippen molar-refractivity contribution in [1.82, 2.24) is 4.90 Å². The summed E-state index contributed by atoms with van der Waals surface area (Å²) in [6.07, 6.45) is 6.81. The number of hydrogen-bond donors (Lipinski definition) is 1. The average Bonchev–Trinajstić information content (AvgIpc) is 3.03. The van der Waals surface area contributed by atoms with E-state index in [2.05, 4.69) is 43.5 Å². The average molecular weight is 601 g/mol. The molecule has 1 saturated carbocycles. The molecule has 1 heterocycles. The number of phenolic OH excluding ortho intramolecular Hbond substituents is 1. The molecular formula is C22H19BrFIN2O2S. The topological polar surface area (TPSA) is 52.9 Å². The SMILES string of the molecule is O=C1/C(=C/c2cc(Br)cc(I)c2O)SC(=Nc2ccccc2F)N1C1CCCCC1. The summed E-state index contributed by atoms with van der Waals surface area (Å²) in [6, 6.07) is 9.96. The largest absolute Gasteiger partial charge is 0.506 e. The molecule has 156 valence electrons. The van der Waals surface area contributed by atoms with Gasteiger partial charge in [-0.05, 0) is 77.5 Å². The number of amidine groups is 1. The van der Waals surface area contributed by atoms with Crippen LogP contribution in [0.15, 0.2) is 50.8 Å². The molecule has 0 spiro atoms. The number of halogens is 3. The van der Waals surface area contributed by atoms with Gasteiger partial charge in [0.1, 0.15) is 17.3 Å². The molecule has 30 heavy (non-hydrogen) atoms. The Morgan fingerprint density at radius 2 is 1.97 bits per heavy atom. The number of nitrogens with zero attached hydrogens (tertiary/aromatic N) is 2. The minimum atomic E-state index is -0.418. The second-order valence-electron chi connectivity index (χ2n) is 7.25. The van der Waals surface area contributed by atoms with Crippen LogP contribution in [-0.2, 0) is 4.79 Å². The number of amides is 1. The lowest BCUT2D eigenvalue weighted by Gasteiger charge is -2.30. The first-order valence-corrected chi connectivity index (χ1v) is 12.4. The van der Waals surface area contributed by atoms with Crippen LogP contribution in [0, 0.1) is 9.39 Å². The van der Waals surface area contributed by atoms with Crippen LogP contribution in [0.4, 0.5) is 10.1 Å². The number of aromatic hydroxyl groups is 1. The highest BCUT2D eigenvalue weighted by Gasteiger charge is 2.39. The molecule has 0 aromatic heterocycles. The maximum absolute atomic E-state index is 14.2. The summed E-state index contributed by atoms with van der Waals surface area (Å²) in [6.45, 7) is 0. The Bertz CT molecular complexity index is 1050. The molecule has 4 rings (SSSR count). The summed E-state index contributed by atoms with van der Waals surface area (Å²) in [5.41, 5.74) is 0.773. The zero-order chi connectivity index (χ0) is 21.3. The van der Waals surface area contributed by atoms with Crippen LogP contribution in [0.5, 0.6) is 5.75 Å². The van der Waals surface area contributed by atoms with Crippen LogP contribution in [-0.4, -0.2) is 27.1 Å². The number of hydrogen-bond acceptors (Lipinski definition) is 4. The number of thioether (sulfide) groups is 1. The number of phenols is 1. The van der Waals surface area contributed by atoms with E-state index in [0.717, 1.165) is 30.2 Å². The van der Waals surface area contributed by atoms with Gasteiger partial charge in [0.15, 0.2) is 5.17 Å². The lowest BCUT2D eigenvalue weighted by molar-refractivity contribution is -0.124. The van der Waals surface area contributed by atoms with Gasteiger partial charge in [-0.1, -0.05) is 47.3 Å². The molecule has 1 aliphatic heterocycles. The second-order valence-corrected chi connectivity index (χ2v) is 10.3. The summed E-state index contributed by atoms with van der Waals surface area (Å²) in [5, 5.41) is 10.9. The molecule has 1 aliphatic carbocycles. The zero-order valence-corrected chi connectivity index (χ0v) is 20.5. The maximum Gasteiger partial charge on any atom is 0.267 e. The van der Waals surface area contributed by atoms with Gasteiger partial charge in [0, 0.05) is 16.1 Å². The van der Waals surface area contributed by atoms with Gasteiger partial charge in [-0.3, -0.25) is 9.69 Å². The number of carbonyl (C=O) groups is 1. The standard InChI is InChI=1S/C22H19BrFIN2O2S/c23-14-10-13(20(28)17(25)12-14)11-19-21(29)27(15-6-2-1-3-7-15)22(30-19)26-18-9-5-4-8-16(18)24/h4-5,8-12,15,28H,1-3,6-7H2/b19-11-,26-22?. The van der Waals surface area contributed by atoms with E-state index in [-0.39, 0.29) is 23.4 Å². The zero-order valence-electron chi connectivity index (χ0n) is 15.9. The number of para-hydroxylation sites is 1. The molecule has 1 amide bonds. The smallest absolute Gasteiger partial charge is 0.267 e. The molecule has 0 radical (unpaired) electrons. The van der Waals surface area contributed by atoms with Gasteiger partial charge in [0.25, 0.3) is 5.91 Å².